The van der Waals surface area contributed by atoms with E-state index in [1.807, 2.05) is 42.1 Å². The summed E-state index contributed by atoms with van der Waals surface area (Å²) in [5, 5.41) is 0. The predicted molar refractivity (Wildman–Crippen MR) is 102 cm³/mol. The highest BCUT2D eigenvalue weighted by Gasteiger charge is 2.26. The summed E-state index contributed by atoms with van der Waals surface area (Å²) in [6, 6.07) is 6.00. The molecule has 0 saturated carbocycles. The summed E-state index contributed by atoms with van der Waals surface area (Å²) in [6.45, 7) is 7.52. The third-order valence-electron chi connectivity index (χ3n) is 5.47. The second-order valence-corrected chi connectivity index (χ2v) is 7.71. The van der Waals surface area contributed by atoms with Gasteiger partial charge in [0, 0.05) is 31.6 Å². The van der Waals surface area contributed by atoms with Crippen molar-refractivity contribution in [3.63, 3.8) is 0 Å². The molecule has 2 aliphatic heterocycles. The molecule has 2 aliphatic rings. The van der Waals surface area contributed by atoms with Crippen LogP contribution >= 0.6 is 0 Å². The highest BCUT2D eigenvalue weighted by Crippen LogP contribution is 2.22. The molecule has 0 spiro atoms. The number of hydrogen-bond donors (Lipinski definition) is 0. The molecule has 1 aromatic heterocycles. The second-order valence-electron chi connectivity index (χ2n) is 7.71. The molecule has 2 amide bonds. The zero-order valence-electron chi connectivity index (χ0n) is 16.1. The van der Waals surface area contributed by atoms with E-state index in [-0.39, 0.29) is 11.8 Å². The average Bonchev–Trinajstić information content (AvgIpc) is 3.12. The van der Waals surface area contributed by atoms with Gasteiger partial charge < -0.3 is 14.4 Å². The van der Waals surface area contributed by atoms with Crippen molar-refractivity contribution in [1.29, 1.82) is 0 Å². The smallest absolute Gasteiger partial charge is 0.254 e. The average molecular weight is 366 g/mol. The van der Waals surface area contributed by atoms with Crippen molar-refractivity contribution >= 4 is 11.8 Å². The Balaban J connectivity index is 1.57. The first kappa shape index (κ1) is 17.8. The second kappa shape index (κ2) is 7.18. The van der Waals surface area contributed by atoms with Crippen molar-refractivity contribution < 1.29 is 9.59 Å². The van der Waals surface area contributed by atoms with Crippen molar-refractivity contribution in [2.75, 3.05) is 13.1 Å². The SMILES string of the molecule is Cc1cc(C)cc(C(=O)N2CCCn3cnc(CN4CCCC4=O)c3C2)c1. The lowest BCUT2D eigenvalue weighted by Crippen LogP contribution is -2.32. The molecule has 3 heterocycles. The lowest BCUT2D eigenvalue weighted by Gasteiger charge is -2.22. The number of rotatable bonds is 3. The zero-order valence-corrected chi connectivity index (χ0v) is 16.1. The normalized spacial score (nSPS) is 17.2. The third kappa shape index (κ3) is 3.61. The topological polar surface area (TPSA) is 58.4 Å². The van der Waals surface area contributed by atoms with Gasteiger partial charge in [0.1, 0.15) is 0 Å². The van der Waals surface area contributed by atoms with E-state index in [1.165, 1.54) is 0 Å². The van der Waals surface area contributed by atoms with Gasteiger partial charge in [-0.05, 0) is 38.8 Å². The van der Waals surface area contributed by atoms with Gasteiger partial charge in [-0.1, -0.05) is 17.2 Å². The highest BCUT2D eigenvalue weighted by atomic mass is 16.2. The van der Waals surface area contributed by atoms with Gasteiger partial charge in [-0.25, -0.2) is 4.98 Å². The molecule has 1 aromatic carbocycles. The van der Waals surface area contributed by atoms with Crippen LogP contribution in [0.3, 0.4) is 0 Å². The Morgan fingerprint density at radius 2 is 1.85 bits per heavy atom. The maximum atomic E-state index is 13.1. The number of likely N-dealkylation sites (tertiary alicyclic amines) is 1. The minimum atomic E-state index is 0.0691. The van der Waals surface area contributed by atoms with Gasteiger partial charge >= 0.3 is 0 Å². The van der Waals surface area contributed by atoms with E-state index in [0.29, 0.717) is 19.5 Å². The third-order valence-corrected chi connectivity index (χ3v) is 5.47. The van der Waals surface area contributed by atoms with Crippen LogP contribution in [0.4, 0.5) is 0 Å². The Bertz CT molecular complexity index is 866. The van der Waals surface area contributed by atoms with Gasteiger partial charge in [-0.3, -0.25) is 9.59 Å². The minimum Gasteiger partial charge on any atom is -0.337 e. The van der Waals surface area contributed by atoms with Crippen LogP contribution in [0.15, 0.2) is 24.5 Å². The Morgan fingerprint density at radius 1 is 1.07 bits per heavy atom. The zero-order chi connectivity index (χ0) is 19.0. The predicted octanol–water partition coefficient (Wildman–Crippen LogP) is 2.67. The van der Waals surface area contributed by atoms with Crippen molar-refractivity contribution in [1.82, 2.24) is 19.4 Å². The quantitative estimate of drug-likeness (QED) is 0.839. The summed E-state index contributed by atoms with van der Waals surface area (Å²) in [6.07, 6.45) is 4.32. The fourth-order valence-corrected chi connectivity index (χ4v) is 4.15. The van der Waals surface area contributed by atoms with E-state index >= 15 is 0 Å². The molecule has 0 N–H and O–H groups in total. The van der Waals surface area contributed by atoms with E-state index in [9.17, 15) is 9.59 Å². The number of aryl methyl sites for hydroxylation is 3. The number of imidazole rings is 1. The van der Waals surface area contributed by atoms with Gasteiger partial charge in [0.15, 0.2) is 0 Å². The molecule has 142 valence electrons. The van der Waals surface area contributed by atoms with E-state index < -0.39 is 0 Å². The van der Waals surface area contributed by atoms with E-state index in [2.05, 4.69) is 15.6 Å². The number of nitrogens with zero attached hydrogens (tertiary/aromatic N) is 4. The Hall–Kier alpha value is -2.63. The molecule has 0 radical (unpaired) electrons. The van der Waals surface area contributed by atoms with Crippen LogP contribution in [-0.2, 0) is 24.4 Å². The largest absolute Gasteiger partial charge is 0.337 e. The molecule has 0 bridgehead atoms. The number of fused-ring (bicyclic) bond motifs is 1. The maximum absolute atomic E-state index is 13.1. The van der Waals surface area contributed by atoms with Crippen LogP contribution < -0.4 is 0 Å². The number of aromatic nitrogens is 2. The molecule has 4 rings (SSSR count). The fourth-order valence-electron chi connectivity index (χ4n) is 4.15. The summed E-state index contributed by atoms with van der Waals surface area (Å²) in [5.41, 5.74) is 4.94. The first-order valence-electron chi connectivity index (χ1n) is 9.69. The van der Waals surface area contributed by atoms with Gasteiger partial charge in [-0.2, -0.15) is 0 Å². The first-order chi connectivity index (χ1) is 13.0. The van der Waals surface area contributed by atoms with Gasteiger partial charge in [-0.15, -0.1) is 0 Å². The standard InChI is InChI=1S/C21H26N4O2/c1-15-9-16(2)11-17(10-15)21(27)24-7-4-8-25-14-22-18(19(25)13-24)12-23-6-3-5-20(23)26/h9-11,14H,3-8,12-13H2,1-2H3. The molecule has 0 atom stereocenters. The summed E-state index contributed by atoms with van der Waals surface area (Å²) >= 11 is 0. The molecule has 1 saturated heterocycles. The van der Waals surface area contributed by atoms with Crippen LogP contribution in [-0.4, -0.2) is 44.3 Å². The van der Waals surface area contributed by atoms with Crippen LogP contribution in [0.5, 0.6) is 0 Å². The summed E-state index contributed by atoms with van der Waals surface area (Å²) in [5.74, 6) is 0.271. The number of benzene rings is 1. The lowest BCUT2D eigenvalue weighted by molar-refractivity contribution is -0.128. The number of amides is 2. The van der Waals surface area contributed by atoms with Crippen molar-refractivity contribution in [3.05, 3.63) is 52.6 Å². The monoisotopic (exact) mass is 366 g/mol. The van der Waals surface area contributed by atoms with Crippen LogP contribution in [0.1, 0.15) is 52.1 Å². The van der Waals surface area contributed by atoms with Crippen LogP contribution in [0.25, 0.3) is 0 Å². The number of carbonyl (C=O) groups excluding carboxylic acids is 2. The van der Waals surface area contributed by atoms with E-state index in [0.717, 1.165) is 60.6 Å². The molecule has 0 aliphatic carbocycles. The fraction of sp³-hybridized carbons (Fsp3) is 0.476. The Labute approximate surface area is 159 Å². The van der Waals surface area contributed by atoms with Crippen LogP contribution in [0, 0.1) is 13.8 Å². The Morgan fingerprint density at radius 3 is 2.56 bits per heavy atom. The number of carbonyl (C=O) groups is 2. The lowest BCUT2D eigenvalue weighted by atomic mass is 10.1. The summed E-state index contributed by atoms with van der Waals surface area (Å²) < 4.78 is 2.14. The first-order valence-corrected chi connectivity index (χ1v) is 9.69. The molecular weight excluding hydrogens is 340 g/mol. The summed E-state index contributed by atoms with van der Waals surface area (Å²) in [7, 11) is 0. The minimum absolute atomic E-state index is 0.0691. The number of hydrogen-bond acceptors (Lipinski definition) is 3. The van der Waals surface area contributed by atoms with Crippen LogP contribution in [0.2, 0.25) is 0 Å². The molecular formula is C21H26N4O2. The van der Waals surface area contributed by atoms with Gasteiger partial charge in [0.2, 0.25) is 5.91 Å². The molecule has 2 aromatic rings. The molecule has 6 nitrogen and oxygen atoms in total. The van der Waals surface area contributed by atoms with Crippen molar-refractivity contribution in [2.24, 2.45) is 0 Å². The highest BCUT2D eigenvalue weighted by molar-refractivity contribution is 5.94. The molecule has 1 fully saturated rings. The Kier molecular flexibility index (Phi) is 4.72. The van der Waals surface area contributed by atoms with Gasteiger partial charge in [0.25, 0.3) is 5.91 Å². The van der Waals surface area contributed by atoms with Gasteiger partial charge in [0.05, 0.1) is 30.8 Å². The van der Waals surface area contributed by atoms with E-state index in [4.69, 9.17) is 0 Å². The molecule has 27 heavy (non-hydrogen) atoms. The summed E-state index contributed by atoms with van der Waals surface area (Å²) in [4.78, 5) is 33.5. The van der Waals surface area contributed by atoms with E-state index in [1.54, 1.807) is 0 Å². The van der Waals surface area contributed by atoms with Crippen molar-refractivity contribution in [3.8, 4) is 0 Å². The maximum Gasteiger partial charge on any atom is 0.254 e. The molecule has 6 heteroatoms. The van der Waals surface area contributed by atoms with Crippen molar-refractivity contribution in [2.45, 2.75) is 52.7 Å². The molecule has 0 unspecified atom stereocenters.